The number of hydrogen-bond acceptors (Lipinski definition) is 5. The Balaban J connectivity index is 1.64. The minimum Gasteiger partial charge on any atom is -0.449 e. The fourth-order valence-electron chi connectivity index (χ4n) is 3.22. The third-order valence-corrected chi connectivity index (χ3v) is 4.87. The standard InChI is InChI=1S/C23H25N3O4/c1-4-26-20-11-10-18(14-19(20)25-15(2)22(26)28)23(29)30-16(3)21(27)24-13-12-17-8-6-5-7-9-17/h5-11,14,16H,4,12-13H2,1-3H3,(H,24,27)/t16-/m0/s1. The first kappa shape index (κ1) is 21.2. The van der Waals surface area contributed by atoms with Crippen molar-refractivity contribution in [2.75, 3.05) is 6.54 Å². The van der Waals surface area contributed by atoms with Gasteiger partial charge in [-0.25, -0.2) is 9.78 Å². The summed E-state index contributed by atoms with van der Waals surface area (Å²) in [7, 11) is 0. The number of aromatic nitrogens is 2. The summed E-state index contributed by atoms with van der Waals surface area (Å²) in [6.45, 7) is 6.01. The van der Waals surface area contributed by atoms with Gasteiger partial charge in [0.15, 0.2) is 6.10 Å². The van der Waals surface area contributed by atoms with E-state index >= 15 is 0 Å². The molecule has 0 unspecified atom stereocenters. The number of carbonyl (C=O) groups is 2. The maximum absolute atomic E-state index is 12.5. The van der Waals surface area contributed by atoms with Crippen LogP contribution in [0.1, 0.15) is 35.5 Å². The highest BCUT2D eigenvalue weighted by molar-refractivity contribution is 5.95. The first-order valence-electron chi connectivity index (χ1n) is 9.94. The van der Waals surface area contributed by atoms with Gasteiger partial charge in [0.1, 0.15) is 5.69 Å². The Morgan fingerprint density at radius 2 is 1.90 bits per heavy atom. The van der Waals surface area contributed by atoms with Crippen LogP contribution in [0.5, 0.6) is 0 Å². The van der Waals surface area contributed by atoms with Crippen molar-refractivity contribution in [2.24, 2.45) is 0 Å². The number of hydrogen-bond donors (Lipinski definition) is 1. The summed E-state index contributed by atoms with van der Waals surface area (Å²) in [5.41, 5.74) is 2.79. The summed E-state index contributed by atoms with van der Waals surface area (Å²) in [6.07, 6.45) is -0.231. The molecule has 30 heavy (non-hydrogen) atoms. The molecule has 156 valence electrons. The lowest BCUT2D eigenvalue weighted by Gasteiger charge is -2.14. The molecule has 1 N–H and O–H groups in total. The van der Waals surface area contributed by atoms with Crippen LogP contribution >= 0.6 is 0 Å². The van der Waals surface area contributed by atoms with Gasteiger partial charge in [0.2, 0.25) is 0 Å². The highest BCUT2D eigenvalue weighted by Crippen LogP contribution is 2.15. The predicted octanol–water partition coefficient (Wildman–Crippen LogP) is 2.63. The maximum atomic E-state index is 12.5. The number of benzene rings is 2. The zero-order chi connectivity index (χ0) is 21.7. The van der Waals surface area contributed by atoms with Crippen LogP contribution in [0.4, 0.5) is 0 Å². The molecule has 0 bridgehead atoms. The number of nitrogens with zero attached hydrogens (tertiary/aromatic N) is 2. The molecule has 7 nitrogen and oxygen atoms in total. The van der Waals surface area contributed by atoms with E-state index in [1.165, 1.54) is 6.92 Å². The van der Waals surface area contributed by atoms with Gasteiger partial charge in [0, 0.05) is 13.1 Å². The Labute approximate surface area is 174 Å². The van der Waals surface area contributed by atoms with Gasteiger partial charge in [0.05, 0.1) is 16.6 Å². The van der Waals surface area contributed by atoms with Gasteiger partial charge >= 0.3 is 5.97 Å². The second-order valence-corrected chi connectivity index (χ2v) is 7.02. The normalized spacial score (nSPS) is 11.8. The number of amides is 1. The lowest BCUT2D eigenvalue weighted by Crippen LogP contribution is -2.36. The Bertz CT molecular complexity index is 1120. The maximum Gasteiger partial charge on any atom is 0.338 e. The molecule has 1 heterocycles. The van der Waals surface area contributed by atoms with Crippen LogP contribution in [0.3, 0.4) is 0 Å². The average Bonchev–Trinajstić information content (AvgIpc) is 2.75. The number of aryl methyl sites for hydroxylation is 2. The van der Waals surface area contributed by atoms with Crippen molar-refractivity contribution in [3.05, 3.63) is 75.7 Å². The molecule has 0 radical (unpaired) electrons. The number of carbonyl (C=O) groups excluding carboxylic acids is 2. The third kappa shape index (κ3) is 4.74. The fourth-order valence-corrected chi connectivity index (χ4v) is 3.22. The van der Waals surface area contributed by atoms with E-state index in [1.54, 1.807) is 29.7 Å². The molecule has 1 aromatic heterocycles. The molecule has 0 fully saturated rings. The van der Waals surface area contributed by atoms with Gasteiger partial charge in [-0.2, -0.15) is 0 Å². The van der Waals surface area contributed by atoms with E-state index in [-0.39, 0.29) is 17.0 Å². The van der Waals surface area contributed by atoms with Gasteiger partial charge in [-0.1, -0.05) is 30.3 Å². The molecule has 3 rings (SSSR count). The molecule has 0 aliphatic carbocycles. The fraction of sp³-hybridized carbons (Fsp3) is 0.304. The summed E-state index contributed by atoms with van der Waals surface area (Å²) >= 11 is 0. The van der Waals surface area contributed by atoms with Crippen molar-refractivity contribution in [1.82, 2.24) is 14.9 Å². The summed E-state index contributed by atoms with van der Waals surface area (Å²) in [6, 6.07) is 14.6. The summed E-state index contributed by atoms with van der Waals surface area (Å²) in [4.78, 5) is 41.2. The molecule has 2 aromatic carbocycles. The highest BCUT2D eigenvalue weighted by Gasteiger charge is 2.19. The van der Waals surface area contributed by atoms with Gasteiger partial charge in [-0.05, 0) is 51.0 Å². The molecule has 3 aromatic rings. The zero-order valence-electron chi connectivity index (χ0n) is 17.3. The van der Waals surface area contributed by atoms with Crippen LogP contribution in [0.2, 0.25) is 0 Å². The smallest absolute Gasteiger partial charge is 0.338 e. The number of rotatable bonds is 7. The van der Waals surface area contributed by atoms with Crippen molar-refractivity contribution in [1.29, 1.82) is 0 Å². The van der Waals surface area contributed by atoms with Crippen molar-refractivity contribution >= 4 is 22.9 Å². The Morgan fingerprint density at radius 3 is 2.60 bits per heavy atom. The van der Waals surface area contributed by atoms with Crippen molar-refractivity contribution in [3.63, 3.8) is 0 Å². The SMILES string of the molecule is CCn1c(=O)c(C)nc2cc(C(=O)O[C@@H](C)C(=O)NCCc3ccccc3)ccc21. The molecule has 1 amide bonds. The van der Waals surface area contributed by atoms with Crippen molar-refractivity contribution in [3.8, 4) is 0 Å². The predicted molar refractivity (Wildman–Crippen MR) is 114 cm³/mol. The van der Waals surface area contributed by atoms with E-state index < -0.39 is 12.1 Å². The summed E-state index contributed by atoms with van der Waals surface area (Å²) < 4.78 is 6.92. The molecule has 7 heteroatoms. The van der Waals surface area contributed by atoms with Crippen LogP contribution in [-0.4, -0.2) is 34.1 Å². The van der Waals surface area contributed by atoms with Crippen LogP contribution in [0.25, 0.3) is 11.0 Å². The van der Waals surface area contributed by atoms with Crippen LogP contribution in [-0.2, 0) is 22.5 Å². The van der Waals surface area contributed by atoms with E-state index in [9.17, 15) is 14.4 Å². The molecular weight excluding hydrogens is 382 g/mol. The van der Waals surface area contributed by atoms with Gasteiger partial charge in [-0.3, -0.25) is 9.59 Å². The van der Waals surface area contributed by atoms with Gasteiger partial charge in [-0.15, -0.1) is 0 Å². The van der Waals surface area contributed by atoms with E-state index in [0.29, 0.717) is 36.2 Å². The molecule has 0 aliphatic heterocycles. The van der Waals surface area contributed by atoms with Gasteiger partial charge in [0.25, 0.3) is 11.5 Å². The molecule has 0 saturated heterocycles. The Morgan fingerprint density at radius 1 is 1.17 bits per heavy atom. The first-order chi connectivity index (χ1) is 14.4. The minimum absolute atomic E-state index is 0.152. The van der Waals surface area contributed by atoms with Crippen molar-refractivity contribution in [2.45, 2.75) is 39.8 Å². The largest absolute Gasteiger partial charge is 0.449 e. The summed E-state index contributed by atoms with van der Waals surface area (Å²) in [5, 5.41) is 2.78. The van der Waals surface area contributed by atoms with E-state index in [0.717, 1.165) is 5.56 Å². The zero-order valence-corrected chi connectivity index (χ0v) is 17.3. The van der Waals surface area contributed by atoms with Gasteiger partial charge < -0.3 is 14.6 Å². The monoisotopic (exact) mass is 407 g/mol. The topological polar surface area (TPSA) is 90.3 Å². The number of ether oxygens (including phenoxy) is 1. The number of esters is 1. The number of fused-ring (bicyclic) bond motifs is 1. The minimum atomic E-state index is -0.928. The molecule has 0 spiro atoms. The van der Waals surface area contributed by atoms with Crippen LogP contribution in [0, 0.1) is 6.92 Å². The van der Waals surface area contributed by atoms with E-state index in [1.807, 2.05) is 37.3 Å². The Kier molecular flexibility index (Phi) is 6.61. The molecular formula is C23H25N3O4. The quantitative estimate of drug-likeness (QED) is 0.608. The molecule has 0 saturated carbocycles. The van der Waals surface area contributed by atoms with Crippen LogP contribution < -0.4 is 10.9 Å². The lowest BCUT2D eigenvalue weighted by molar-refractivity contribution is -0.129. The van der Waals surface area contributed by atoms with Crippen LogP contribution in [0.15, 0.2) is 53.3 Å². The molecule has 0 aliphatic rings. The van der Waals surface area contributed by atoms with E-state index in [4.69, 9.17) is 4.74 Å². The third-order valence-electron chi connectivity index (χ3n) is 4.87. The number of nitrogens with one attached hydrogen (secondary N) is 1. The Hall–Kier alpha value is -3.48. The van der Waals surface area contributed by atoms with E-state index in [2.05, 4.69) is 10.3 Å². The second kappa shape index (κ2) is 9.35. The second-order valence-electron chi connectivity index (χ2n) is 7.02. The highest BCUT2D eigenvalue weighted by atomic mass is 16.5. The summed E-state index contributed by atoms with van der Waals surface area (Å²) in [5.74, 6) is -0.967. The van der Waals surface area contributed by atoms with Crippen molar-refractivity contribution < 1.29 is 14.3 Å². The first-order valence-corrected chi connectivity index (χ1v) is 9.94. The lowest BCUT2D eigenvalue weighted by atomic mass is 10.1. The average molecular weight is 407 g/mol. The molecule has 1 atom stereocenters.